The molecule has 80 valence electrons. The Labute approximate surface area is 92.7 Å². The van der Waals surface area contributed by atoms with E-state index in [1.165, 1.54) is 6.39 Å². The molecule has 0 aliphatic carbocycles. The first-order valence-electron chi connectivity index (χ1n) is 4.79. The van der Waals surface area contributed by atoms with E-state index in [1.54, 1.807) is 6.07 Å². The zero-order valence-corrected chi connectivity index (χ0v) is 8.77. The maximum atomic E-state index is 8.79. The fourth-order valence-corrected chi connectivity index (χ4v) is 1.35. The van der Waals surface area contributed by atoms with E-state index in [0.29, 0.717) is 17.9 Å². The highest BCUT2D eigenvalue weighted by Gasteiger charge is 2.01. The van der Waals surface area contributed by atoms with Crippen LogP contribution in [0.3, 0.4) is 0 Å². The van der Waals surface area contributed by atoms with Gasteiger partial charge in [0, 0.05) is 5.69 Å². The van der Waals surface area contributed by atoms with Crippen molar-refractivity contribution in [1.82, 2.24) is 10.1 Å². The SMILES string of the molecule is Cc1cc(NCc2ncon2)ccc1C#N. The predicted molar refractivity (Wildman–Crippen MR) is 57.5 cm³/mol. The molecule has 5 heteroatoms. The van der Waals surface area contributed by atoms with Gasteiger partial charge in [-0.1, -0.05) is 5.16 Å². The third-order valence-electron chi connectivity index (χ3n) is 2.20. The first kappa shape index (κ1) is 10.2. The number of rotatable bonds is 3. The van der Waals surface area contributed by atoms with E-state index < -0.39 is 0 Å². The molecule has 0 radical (unpaired) electrons. The van der Waals surface area contributed by atoms with Gasteiger partial charge in [-0.3, -0.25) is 0 Å². The summed E-state index contributed by atoms with van der Waals surface area (Å²) in [5, 5.41) is 15.6. The zero-order valence-electron chi connectivity index (χ0n) is 8.77. The van der Waals surface area contributed by atoms with E-state index in [2.05, 4.69) is 26.0 Å². The van der Waals surface area contributed by atoms with Crippen LogP contribution in [0.1, 0.15) is 17.0 Å². The van der Waals surface area contributed by atoms with E-state index in [4.69, 9.17) is 5.26 Å². The molecule has 0 atom stereocenters. The van der Waals surface area contributed by atoms with E-state index in [-0.39, 0.29) is 0 Å². The average molecular weight is 214 g/mol. The van der Waals surface area contributed by atoms with E-state index >= 15 is 0 Å². The molecule has 0 saturated heterocycles. The second-order valence-corrected chi connectivity index (χ2v) is 3.34. The maximum absolute atomic E-state index is 8.79. The van der Waals surface area contributed by atoms with Gasteiger partial charge >= 0.3 is 0 Å². The van der Waals surface area contributed by atoms with Crippen molar-refractivity contribution in [3.05, 3.63) is 41.5 Å². The Morgan fingerprint density at radius 3 is 3.00 bits per heavy atom. The van der Waals surface area contributed by atoms with Gasteiger partial charge < -0.3 is 9.84 Å². The number of hydrogen-bond acceptors (Lipinski definition) is 5. The number of aromatic nitrogens is 2. The minimum absolute atomic E-state index is 0.502. The minimum Gasteiger partial charge on any atom is -0.378 e. The Kier molecular flexibility index (Phi) is 2.83. The molecule has 0 saturated carbocycles. The lowest BCUT2D eigenvalue weighted by atomic mass is 10.1. The first-order valence-corrected chi connectivity index (χ1v) is 4.79. The summed E-state index contributed by atoms with van der Waals surface area (Å²) in [6.07, 6.45) is 1.29. The molecule has 16 heavy (non-hydrogen) atoms. The molecular weight excluding hydrogens is 204 g/mol. The summed E-state index contributed by atoms with van der Waals surface area (Å²) in [7, 11) is 0. The van der Waals surface area contributed by atoms with Crippen LogP contribution in [-0.4, -0.2) is 10.1 Å². The molecule has 1 aromatic carbocycles. The Morgan fingerprint density at radius 1 is 1.50 bits per heavy atom. The fourth-order valence-electron chi connectivity index (χ4n) is 1.35. The van der Waals surface area contributed by atoms with E-state index in [1.807, 2.05) is 19.1 Å². The molecule has 2 aromatic rings. The summed E-state index contributed by atoms with van der Waals surface area (Å²) in [5.74, 6) is 0.599. The summed E-state index contributed by atoms with van der Waals surface area (Å²) in [4.78, 5) is 3.89. The molecule has 5 nitrogen and oxygen atoms in total. The maximum Gasteiger partial charge on any atom is 0.213 e. The van der Waals surface area contributed by atoms with Crippen molar-refractivity contribution in [2.24, 2.45) is 0 Å². The van der Waals surface area contributed by atoms with Crippen molar-refractivity contribution < 1.29 is 4.52 Å². The van der Waals surface area contributed by atoms with Gasteiger partial charge in [0.2, 0.25) is 6.39 Å². The quantitative estimate of drug-likeness (QED) is 0.844. The van der Waals surface area contributed by atoms with Crippen LogP contribution in [0.5, 0.6) is 0 Å². The largest absolute Gasteiger partial charge is 0.378 e. The fraction of sp³-hybridized carbons (Fsp3) is 0.182. The second kappa shape index (κ2) is 4.45. The summed E-state index contributed by atoms with van der Waals surface area (Å²) in [5.41, 5.74) is 2.56. The molecule has 0 bridgehead atoms. The van der Waals surface area contributed by atoms with Crippen molar-refractivity contribution in [2.75, 3.05) is 5.32 Å². The number of benzene rings is 1. The van der Waals surface area contributed by atoms with Crippen LogP contribution in [-0.2, 0) is 6.54 Å². The Hall–Kier alpha value is -2.35. The number of anilines is 1. The van der Waals surface area contributed by atoms with Crippen LogP contribution < -0.4 is 5.32 Å². The number of hydrogen-bond donors (Lipinski definition) is 1. The molecule has 0 aliphatic rings. The van der Waals surface area contributed by atoms with Crippen molar-refractivity contribution in [3.63, 3.8) is 0 Å². The van der Waals surface area contributed by atoms with E-state index in [9.17, 15) is 0 Å². The standard InChI is InChI=1S/C11H10N4O/c1-8-4-10(3-2-9(8)5-12)13-6-11-14-7-16-15-11/h2-4,7,13H,6H2,1H3. The second-order valence-electron chi connectivity index (χ2n) is 3.34. The normalized spacial score (nSPS) is 9.75. The summed E-state index contributed by atoms with van der Waals surface area (Å²) >= 11 is 0. The van der Waals surface area contributed by atoms with Gasteiger partial charge in [0.05, 0.1) is 18.2 Å². The van der Waals surface area contributed by atoms with Gasteiger partial charge in [0.25, 0.3) is 0 Å². The topological polar surface area (TPSA) is 74.7 Å². The van der Waals surface area contributed by atoms with Crippen molar-refractivity contribution in [2.45, 2.75) is 13.5 Å². The van der Waals surface area contributed by atoms with Crippen LogP contribution in [0, 0.1) is 18.3 Å². The molecule has 0 spiro atoms. The Bertz CT molecular complexity index is 513. The van der Waals surface area contributed by atoms with Crippen LogP contribution in [0.4, 0.5) is 5.69 Å². The van der Waals surface area contributed by atoms with Gasteiger partial charge in [-0.25, -0.2) is 0 Å². The zero-order chi connectivity index (χ0) is 11.4. The van der Waals surface area contributed by atoms with Crippen LogP contribution in [0.2, 0.25) is 0 Å². The minimum atomic E-state index is 0.502. The van der Waals surface area contributed by atoms with Crippen molar-refractivity contribution in [3.8, 4) is 6.07 Å². The Morgan fingerprint density at radius 2 is 2.38 bits per heavy atom. The van der Waals surface area contributed by atoms with Crippen LogP contribution in [0.25, 0.3) is 0 Å². The molecule has 1 N–H and O–H groups in total. The van der Waals surface area contributed by atoms with Gasteiger partial charge in [-0.05, 0) is 30.7 Å². The summed E-state index contributed by atoms with van der Waals surface area (Å²) in [6.45, 7) is 2.40. The third kappa shape index (κ3) is 2.17. The van der Waals surface area contributed by atoms with Gasteiger partial charge in [-0.15, -0.1) is 0 Å². The molecule has 1 aromatic heterocycles. The number of nitrogens with one attached hydrogen (secondary N) is 1. The molecular formula is C11H10N4O. The molecule has 2 rings (SSSR count). The lowest BCUT2D eigenvalue weighted by Gasteiger charge is -2.05. The predicted octanol–water partition coefficient (Wildman–Crippen LogP) is 1.86. The molecule has 0 unspecified atom stereocenters. The number of nitriles is 1. The Balaban J connectivity index is 2.06. The highest BCUT2D eigenvalue weighted by molar-refractivity contribution is 5.51. The van der Waals surface area contributed by atoms with E-state index in [0.717, 1.165) is 11.3 Å². The summed E-state index contributed by atoms with van der Waals surface area (Å²) in [6, 6.07) is 7.68. The first-order chi connectivity index (χ1) is 7.79. The van der Waals surface area contributed by atoms with Gasteiger partial charge in [0.1, 0.15) is 0 Å². The highest BCUT2D eigenvalue weighted by atomic mass is 16.5. The van der Waals surface area contributed by atoms with Crippen LogP contribution in [0.15, 0.2) is 29.1 Å². The van der Waals surface area contributed by atoms with Gasteiger partial charge in [0.15, 0.2) is 5.82 Å². The summed E-state index contributed by atoms with van der Waals surface area (Å²) < 4.78 is 4.62. The van der Waals surface area contributed by atoms with Crippen LogP contribution >= 0.6 is 0 Å². The lowest BCUT2D eigenvalue weighted by molar-refractivity contribution is 0.411. The van der Waals surface area contributed by atoms with Crippen molar-refractivity contribution in [1.29, 1.82) is 5.26 Å². The molecule has 0 fully saturated rings. The molecule has 0 amide bonds. The lowest BCUT2D eigenvalue weighted by Crippen LogP contribution is -2.01. The number of nitrogens with zero attached hydrogens (tertiary/aromatic N) is 3. The molecule has 1 heterocycles. The highest BCUT2D eigenvalue weighted by Crippen LogP contribution is 2.14. The number of aryl methyl sites for hydroxylation is 1. The van der Waals surface area contributed by atoms with Crippen molar-refractivity contribution >= 4 is 5.69 Å². The molecule has 0 aliphatic heterocycles. The smallest absolute Gasteiger partial charge is 0.213 e. The monoisotopic (exact) mass is 214 g/mol. The third-order valence-corrected chi connectivity index (χ3v) is 2.20. The van der Waals surface area contributed by atoms with Gasteiger partial charge in [-0.2, -0.15) is 10.2 Å². The average Bonchev–Trinajstić information content (AvgIpc) is 2.79.